The van der Waals surface area contributed by atoms with Gasteiger partial charge in [0.15, 0.2) is 0 Å². The summed E-state index contributed by atoms with van der Waals surface area (Å²) in [5.41, 5.74) is -3.67. The number of carbonyl (C=O) groups is 1. The number of hydrogen-bond donors (Lipinski definition) is 2. The average molecular weight is 296 g/mol. The Balaban J connectivity index is 2.76. The Labute approximate surface area is 117 Å². The van der Waals surface area contributed by atoms with Gasteiger partial charge in [0.1, 0.15) is 5.82 Å². The molecule has 0 radical (unpaired) electrons. The maximum atomic E-state index is 13.5. The van der Waals surface area contributed by atoms with E-state index in [2.05, 4.69) is 17.2 Å². The highest BCUT2D eigenvalue weighted by Crippen LogP contribution is 2.43. The van der Waals surface area contributed by atoms with Gasteiger partial charge >= 0.3 is 12.2 Å². The minimum absolute atomic E-state index is 0.156. The maximum absolute atomic E-state index is 13.5. The van der Waals surface area contributed by atoms with Crippen molar-refractivity contribution in [3.63, 3.8) is 0 Å². The van der Waals surface area contributed by atoms with Gasteiger partial charge in [0, 0.05) is 11.3 Å². The molecule has 1 heterocycles. The summed E-state index contributed by atoms with van der Waals surface area (Å²) in [5, 5.41) is 3.91. The number of carbonyl (C=O) groups excluding carboxylic acids is 1. The molecule has 1 atom stereocenters. The summed E-state index contributed by atoms with van der Waals surface area (Å²) in [4.78, 5) is 11.5. The molecule has 21 heavy (non-hydrogen) atoms. The number of fused-ring (bicyclic) bond motifs is 1. The van der Waals surface area contributed by atoms with Crippen LogP contribution < -0.4 is 10.6 Å². The molecule has 0 saturated heterocycles. The third-order valence-electron chi connectivity index (χ3n) is 2.80. The Hall–Kier alpha value is -2.67. The van der Waals surface area contributed by atoms with Gasteiger partial charge in [-0.05, 0) is 42.9 Å². The van der Waals surface area contributed by atoms with Gasteiger partial charge in [-0.15, -0.1) is 0 Å². The molecule has 3 nitrogen and oxygen atoms in total. The number of urea groups is 1. The number of halogens is 4. The van der Waals surface area contributed by atoms with Crippen LogP contribution in [0, 0.1) is 29.5 Å². The second-order valence-corrected chi connectivity index (χ2v) is 4.14. The third-order valence-corrected chi connectivity index (χ3v) is 2.80. The van der Waals surface area contributed by atoms with E-state index in [0.29, 0.717) is 6.07 Å². The van der Waals surface area contributed by atoms with Gasteiger partial charge in [-0.25, -0.2) is 9.18 Å². The summed E-state index contributed by atoms with van der Waals surface area (Å²) in [6, 6.07) is 1.61. The molecule has 0 aromatic heterocycles. The van der Waals surface area contributed by atoms with E-state index in [0.717, 1.165) is 12.1 Å². The Morgan fingerprint density at radius 3 is 2.57 bits per heavy atom. The van der Waals surface area contributed by atoms with E-state index < -0.39 is 29.1 Å². The van der Waals surface area contributed by atoms with E-state index in [9.17, 15) is 22.4 Å². The first kappa shape index (κ1) is 14.7. The number of benzene rings is 1. The Kier molecular flexibility index (Phi) is 3.52. The zero-order valence-electron chi connectivity index (χ0n) is 10.7. The number of rotatable bonds is 0. The topological polar surface area (TPSA) is 41.1 Å². The van der Waals surface area contributed by atoms with Gasteiger partial charge in [0.25, 0.3) is 0 Å². The van der Waals surface area contributed by atoms with Crippen LogP contribution in [0.3, 0.4) is 0 Å². The lowest BCUT2D eigenvalue weighted by atomic mass is 9.86. The van der Waals surface area contributed by atoms with E-state index in [1.807, 2.05) is 11.8 Å². The number of alkyl halides is 3. The second kappa shape index (κ2) is 5.02. The second-order valence-electron chi connectivity index (χ2n) is 4.14. The lowest BCUT2D eigenvalue weighted by molar-refractivity contribution is -0.178. The van der Waals surface area contributed by atoms with Gasteiger partial charge in [-0.3, -0.25) is 0 Å². The molecule has 7 heteroatoms. The highest BCUT2D eigenvalue weighted by molar-refractivity contribution is 5.94. The maximum Gasteiger partial charge on any atom is 0.427 e. The Morgan fingerprint density at radius 1 is 1.24 bits per heavy atom. The molecule has 2 rings (SSSR count). The molecule has 1 unspecified atom stereocenters. The summed E-state index contributed by atoms with van der Waals surface area (Å²) in [5.74, 6) is 7.57. The SMILES string of the molecule is CC#CC#CC1(C(F)(F)F)NC(=O)Nc2ccc(F)cc21. The molecule has 1 aromatic carbocycles. The van der Waals surface area contributed by atoms with Gasteiger partial charge in [-0.2, -0.15) is 13.2 Å². The van der Waals surface area contributed by atoms with Crippen molar-refractivity contribution in [2.24, 2.45) is 0 Å². The van der Waals surface area contributed by atoms with Crippen molar-refractivity contribution in [2.45, 2.75) is 18.6 Å². The molecule has 0 spiro atoms. The monoisotopic (exact) mass is 296 g/mol. The molecule has 0 saturated carbocycles. The first-order chi connectivity index (χ1) is 9.80. The third kappa shape index (κ3) is 2.50. The number of hydrogen-bond acceptors (Lipinski definition) is 1. The van der Waals surface area contributed by atoms with Crippen LogP contribution in [-0.4, -0.2) is 12.2 Å². The normalized spacial score (nSPS) is 20.0. The van der Waals surface area contributed by atoms with Crippen molar-refractivity contribution in [3.8, 4) is 23.7 Å². The minimum atomic E-state index is -4.95. The summed E-state index contributed by atoms with van der Waals surface area (Å²) in [6.07, 6.45) is -4.95. The van der Waals surface area contributed by atoms with Crippen molar-refractivity contribution >= 4 is 11.7 Å². The largest absolute Gasteiger partial charge is 0.427 e. The van der Waals surface area contributed by atoms with E-state index in [-0.39, 0.29) is 5.69 Å². The predicted molar refractivity (Wildman–Crippen MR) is 67.5 cm³/mol. The molecule has 2 N–H and O–H groups in total. The number of nitrogens with one attached hydrogen (secondary N) is 2. The highest BCUT2D eigenvalue weighted by atomic mass is 19.4. The van der Waals surface area contributed by atoms with Crippen LogP contribution in [-0.2, 0) is 5.54 Å². The zero-order valence-corrected chi connectivity index (χ0v) is 10.7. The first-order valence-electron chi connectivity index (χ1n) is 5.70. The molecule has 1 aliphatic rings. The van der Waals surface area contributed by atoms with Crippen LogP contribution in [0.15, 0.2) is 18.2 Å². The molecular weight excluding hydrogens is 288 g/mol. The fraction of sp³-hybridized carbons (Fsp3) is 0.214. The van der Waals surface area contributed by atoms with Crippen molar-refractivity contribution in [3.05, 3.63) is 29.6 Å². The van der Waals surface area contributed by atoms with Crippen LogP contribution in [0.1, 0.15) is 12.5 Å². The fourth-order valence-corrected chi connectivity index (χ4v) is 1.91. The molecule has 0 aliphatic carbocycles. The van der Waals surface area contributed by atoms with Gasteiger partial charge in [0.2, 0.25) is 5.54 Å². The number of anilines is 1. The van der Waals surface area contributed by atoms with E-state index >= 15 is 0 Å². The Bertz CT molecular complexity index is 718. The molecule has 108 valence electrons. The van der Waals surface area contributed by atoms with Crippen LogP contribution >= 0.6 is 0 Å². The smallest absolute Gasteiger partial charge is 0.310 e. The quantitative estimate of drug-likeness (QED) is 0.561. The summed E-state index contributed by atoms with van der Waals surface area (Å²) in [6.45, 7) is 1.41. The van der Waals surface area contributed by atoms with E-state index in [1.165, 1.54) is 6.92 Å². The highest BCUT2D eigenvalue weighted by Gasteiger charge is 2.59. The standard InChI is InChI=1S/C14H8F4N2O/c1-2-3-4-7-13(14(16,17)18)10-8-9(15)5-6-11(10)19-12(21)20-13/h5-6,8H,1H3,(H2,19,20,21). The summed E-state index contributed by atoms with van der Waals surface area (Å²) >= 11 is 0. The fourth-order valence-electron chi connectivity index (χ4n) is 1.91. The molecule has 1 aliphatic heterocycles. The van der Waals surface area contributed by atoms with Crippen LogP contribution in [0.2, 0.25) is 0 Å². The van der Waals surface area contributed by atoms with Crippen molar-refractivity contribution in [1.82, 2.24) is 5.32 Å². The van der Waals surface area contributed by atoms with E-state index in [1.54, 1.807) is 5.32 Å². The number of amides is 2. The average Bonchev–Trinajstić information content (AvgIpc) is 2.38. The molecule has 1 aromatic rings. The van der Waals surface area contributed by atoms with Crippen LogP contribution in [0.5, 0.6) is 0 Å². The predicted octanol–water partition coefficient (Wildman–Crippen LogP) is 2.75. The lowest BCUT2D eigenvalue weighted by Gasteiger charge is -2.37. The molecule has 0 bridgehead atoms. The zero-order chi connectivity index (χ0) is 15.7. The first-order valence-corrected chi connectivity index (χ1v) is 5.70. The van der Waals surface area contributed by atoms with Crippen molar-refractivity contribution < 1.29 is 22.4 Å². The Morgan fingerprint density at radius 2 is 1.95 bits per heavy atom. The van der Waals surface area contributed by atoms with E-state index in [4.69, 9.17) is 0 Å². The van der Waals surface area contributed by atoms with Gasteiger partial charge in [-0.1, -0.05) is 5.92 Å². The minimum Gasteiger partial charge on any atom is -0.310 e. The lowest BCUT2D eigenvalue weighted by Crippen LogP contribution is -2.59. The van der Waals surface area contributed by atoms with Crippen molar-refractivity contribution in [1.29, 1.82) is 0 Å². The summed E-state index contributed by atoms with van der Waals surface area (Å²) in [7, 11) is 0. The molecule has 2 amide bonds. The van der Waals surface area contributed by atoms with Crippen LogP contribution in [0.25, 0.3) is 0 Å². The molecular formula is C14H8F4N2O. The van der Waals surface area contributed by atoms with Gasteiger partial charge in [0.05, 0.1) is 0 Å². The van der Waals surface area contributed by atoms with Crippen LogP contribution in [0.4, 0.5) is 28.0 Å². The van der Waals surface area contributed by atoms with Crippen molar-refractivity contribution in [2.75, 3.05) is 5.32 Å². The van der Waals surface area contributed by atoms with Gasteiger partial charge < -0.3 is 10.6 Å². The summed E-state index contributed by atoms with van der Waals surface area (Å²) < 4.78 is 53.8. The molecule has 0 fully saturated rings.